The average Bonchev–Trinajstić information content (AvgIpc) is 3.02. The van der Waals surface area contributed by atoms with Crippen molar-refractivity contribution < 1.29 is 17.9 Å². The first-order valence-corrected chi connectivity index (χ1v) is 10.5. The monoisotopic (exact) mass is 458 g/mol. The molecule has 1 aromatic carbocycles. The number of pyridine rings is 1. The lowest BCUT2D eigenvalue weighted by Gasteiger charge is -2.24. The molecule has 0 aliphatic carbocycles. The third-order valence-corrected chi connectivity index (χ3v) is 5.48. The van der Waals surface area contributed by atoms with E-state index in [1.807, 2.05) is 43.3 Å². The quantitative estimate of drug-likeness (QED) is 0.611. The third-order valence-electron chi connectivity index (χ3n) is 5.48. The Kier molecular flexibility index (Phi) is 6.26. The highest BCUT2D eigenvalue weighted by molar-refractivity contribution is 5.63. The van der Waals surface area contributed by atoms with Crippen molar-refractivity contribution in [2.24, 2.45) is 0 Å². The number of alkyl halides is 3. The van der Waals surface area contributed by atoms with Crippen LogP contribution in [0.5, 0.6) is 5.75 Å². The normalized spacial score (nSPS) is 13.8. The summed E-state index contributed by atoms with van der Waals surface area (Å²) in [5, 5.41) is 3.35. The number of anilines is 4. The largest absolute Gasteiger partial charge is 0.497 e. The molecule has 3 heterocycles. The van der Waals surface area contributed by atoms with Crippen LogP contribution < -0.4 is 19.9 Å². The minimum Gasteiger partial charge on any atom is -0.497 e. The van der Waals surface area contributed by atoms with E-state index in [2.05, 4.69) is 20.3 Å². The van der Waals surface area contributed by atoms with Crippen molar-refractivity contribution >= 4 is 23.3 Å². The summed E-state index contributed by atoms with van der Waals surface area (Å²) < 4.78 is 45.9. The van der Waals surface area contributed by atoms with E-state index in [1.54, 1.807) is 12.0 Å². The first-order valence-electron chi connectivity index (χ1n) is 10.5. The molecule has 3 aromatic rings. The smallest absolute Gasteiger partial charge is 0.419 e. The molecule has 7 nitrogen and oxygen atoms in total. The number of fused-ring (bicyclic) bond motifs is 1. The summed E-state index contributed by atoms with van der Waals surface area (Å²) in [5.74, 6) is 1.87. The van der Waals surface area contributed by atoms with Crippen LogP contribution in [0.4, 0.5) is 36.4 Å². The number of rotatable bonds is 5. The van der Waals surface area contributed by atoms with Crippen molar-refractivity contribution in [2.45, 2.75) is 19.0 Å². The van der Waals surface area contributed by atoms with Gasteiger partial charge in [-0.25, -0.2) is 9.97 Å². The van der Waals surface area contributed by atoms with Gasteiger partial charge >= 0.3 is 6.18 Å². The highest BCUT2D eigenvalue weighted by atomic mass is 19.4. The van der Waals surface area contributed by atoms with Crippen LogP contribution in [-0.4, -0.2) is 49.2 Å². The van der Waals surface area contributed by atoms with Crippen molar-refractivity contribution in [1.82, 2.24) is 15.0 Å². The number of nitrogens with one attached hydrogen (secondary N) is 1. The summed E-state index contributed by atoms with van der Waals surface area (Å²) in [7, 11) is 5.31. The molecule has 0 bridgehead atoms. The topological polar surface area (TPSA) is 66.4 Å². The van der Waals surface area contributed by atoms with Crippen LogP contribution in [-0.2, 0) is 19.0 Å². The maximum atomic E-state index is 13.6. The van der Waals surface area contributed by atoms with Gasteiger partial charge in [-0.05, 0) is 42.8 Å². The van der Waals surface area contributed by atoms with Crippen LogP contribution in [0.1, 0.15) is 16.8 Å². The fourth-order valence-electron chi connectivity index (χ4n) is 3.78. The van der Waals surface area contributed by atoms with Crippen LogP contribution in [0.2, 0.25) is 0 Å². The molecule has 0 saturated heterocycles. The van der Waals surface area contributed by atoms with Gasteiger partial charge in [-0.15, -0.1) is 0 Å². The van der Waals surface area contributed by atoms with Crippen LogP contribution >= 0.6 is 0 Å². The van der Waals surface area contributed by atoms with E-state index in [-0.39, 0.29) is 5.82 Å². The van der Waals surface area contributed by atoms with Crippen molar-refractivity contribution in [3.05, 3.63) is 59.4 Å². The second-order valence-electron chi connectivity index (χ2n) is 7.90. The maximum absolute atomic E-state index is 13.6. The van der Waals surface area contributed by atoms with Gasteiger partial charge < -0.3 is 19.9 Å². The molecule has 0 amide bonds. The minimum absolute atomic E-state index is 0.0525. The van der Waals surface area contributed by atoms with Gasteiger partial charge in [-0.1, -0.05) is 0 Å². The summed E-state index contributed by atoms with van der Waals surface area (Å²) in [6, 6.07) is 9.84. The van der Waals surface area contributed by atoms with Crippen LogP contribution in [0.25, 0.3) is 0 Å². The SMILES string of the molecule is COc1ccc(Nc2nc(N(C)C)nc3c2CCN(c2ncccc2C(F)(F)F)CC3)cc1. The Hall–Kier alpha value is -3.56. The molecular weight excluding hydrogens is 433 g/mol. The number of methoxy groups -OCH3 is 1. The Morgan fingerprint density at radius 1 is 1.03 bits per heavy atom. The predicted molar refractivity (Wildman–Crippen MR) is 121 cm³/mol. The number of halogens is 3. The molecule has 2 aromatic heterocycles. The summed E-state index contributed by atoms with van der Waals surface area (Å²) >= 11 is 0. The van der Waals surface area contributed by atoms with E-state index in [0.717, 1.165) is 28.8 Å². The summed E-state index contributed by atoms with van der Waals surface area (Å²) in [6.45, 7) is 0.744. The zero-order valence-electron chi connectivity index (χ0n) is 18.6. The highest BCUT2D eigenvalue weighted by Gasteiger charge is 2.36. The molecule has 0 saturated carbocycles. The van der Waals surface area contributed by atoms with E-state index >= 15 is 0 Å². The molecule has 174 valence electrons. The first-order chi connectivity index (χ1) is 15.8. The third kappa shape index (κ3) is 4.94. The molecule has 1 N–H and O–H groups in total. The molecule has 1 aliphatic rings. The standard InChI is InChI=1S/C23H25F3N6O/c1-31(2)22-29-19-11-14-32(21-18(23(24,25)26)5-4-12-27-21)13-10-17(19)20(30-22)28-15-6-8-16(33-3)9-7-15/h4-9,12H,10-11,13-14H2,1-3H3,(H,28,29,30). The molecule has 1 aliphatic heterocycles. The molecule has 4 rings (SSSR count). The Bertz CT molecular complexity index is 1120. The molecule has 10 heteroatoms. The lowest BCUT2D eigenvalue weighted by Crippen LogP contribution is -2.29. The van der Waals surface area contributed by atoms with E-state index in [1.165, 1.54) is 12.3 Å². The zero-order valence-corrected chi connectivity index (χ0v) is 18.6. The van der Waals surface area contributed by atoms with Gasteiger partial charge in [-0.2, -0.15) is 18.2 Å². The van der Waals surface area contributed by atoms with Crippen LogP contribution in [0.15, 0.2) is 42.6 Å². The molecule has 0 radical (unpaired) electrons. The van der Waals surface area contributed by atoms with Crippen molar-refractivity contribution in [3.8, 4) is 5.75 Å². The first kappa shape index (κ1) is 22.6. The second kappa shape index (κ2) is 9.13. The minimum atomic E-state index is -4.47. The number of hydrogen-bond acceptors (Lipinski definition) is 7. The van der Waals surface area contributed by atoms with Gasteiger partial charge in [0, 0.05) is 51.1 Å². The van der Waals surface area contributed by atoms with E-state index in [0.29, 0.717) is 37.7 Å². The molecule has 33 heavy (non-hydrogen) atoms. The predicted octanol–water partition coefficient (Wildman–Crippen LogP) is 4.31. The Morgan fingerprint density at radius 3 is 2.42 bits per heavy atom. The Labute approximate surface area is 190 Å². The van der Waals surface area contributed by atoms with Gasteiger partial charge in [0.05, 0.1) is 18.4 Å². The fourth-order valence-corrected chi connectivity index (χ4v) is 3.78. The number of ether oxygens (including phenoxy) is 1. The van der Waals surface area contributed by atoms with Gasteiger partial charge in [0.2, 0.25) is 5.95 Å². The van der Waals surface area contributed by atoms with Crippen LogP contribution in [0, 0.1) is 0 Å². The molecule has 0 spiro atoms. The highest BCUT2D eigenvalue weighted by Crippen LogP contribution is 2.36. The molecular formula is C23H25F3N6O. The van der Waals surface area contributed by atoms with E-state index in [4.69, 9.17) is 4.74 Å². The lowest BCUT2D eigenvalue weighted by molar-refractivity contribution is -0.137. The number of aromatic nitrogens is 3. The van der Waals surface area contributed by atoms with Crippen molar-refractivity contribution in [2.75, 3.05) is 49.4 Å². The molecule has 0 atom stereocenters. The maximum Gasteiger partial charge on any atom is 0.419 e. The summed E-state index contributed by atoms with van der Waals surface area (Å²) in [5.41, 5.74) is 1.80. The summed E-state index contributed by atoms with van der Waals surface area (Å²) in [6.07, 6.45) is -2.12. The van der Waals surface area contributed by atoms with E-state index < -0.39 is 11.7 Å². The fraction of sp³-hybridized carbons (Fsp3) is 0.348. The number of nitrogens with zero attached hydrogens (tertiary/aromatic N) is 5. The van der Waals surface area contributed by atoms with Gasteiger partial charge in [-0.3, -0.25) is 0 Å². The van der Waals surface area contributed by atoms with Crippen molar-refractivity contribution in [3.63, 3.8) is 0 Å². The van der Waals surface area contributed by atoms with Gasteiger partial charge in [0.15, 0.2) is 0 Å². The zero-order chi connectivity index (χ0) is 23.6. The summed E-state index contributed by atoms with van der Waals surface area (Å²) in [4.78, 5) is 16.9. The second-order valence-corrected chi connectivity index (χ2v) is 7.90. The Balaban J connectivity index is 1.67. The van der Waals surface area contributed by atoms with Crippen LogP contribution in [0.3, 0.4) is 0 Å². The van der Waals surface area contributed by atoms with Crippen molar-refractivity contribution in [1.29, 1.82) is 0 Å². The van der Waals surface area contributed by atoms with Gasteiger partial charge in [0.25, 0.3) is 0 Å². The number of hydrogen-bond donors (Lipinski definition) is 1. The average molecular weight is 458 g/mol. The van der Waals surface area contributed by atoms with Gasteiger partial charge in [0.1, 0.15) is 17.4 Å². The Morgan fingerprint density at radius 2 is 1.76 bits per heavy atom. The van der Waals surface area contributed by atoms with E-state index in [9.17, 15) is 13.2 Å². The number of benzene rings is 1. The lowest BCUT2D eigenvalue weighted by atomic mass is 10.1. The molecule has 0 unspecified atom stereocenters. The molecule has 0 fully saturated rings.